The fourth-order valence-corrected chi connectivity index (χ4v) is 1.30. The molecular weight excluding hydrogens is 140 g/mol. The normalized spacial score (nSPS) is 32.1. The summed E-state index contributed by atoms with van der Waals surface area (Å²) in [5.41, 5.74) is 0. The van der Waals surface area contributed by atoms with Gasteiger partial charge in [0.2, 0.25) is 0 Å². The predicted molar refractivity (Wildman–Crippen MR) is 43.0 cm³/mol. The van der Waals surface area contributed by atoms with Gasteiger partial charge in [-0.3, -0.25) is 0 Å². The van der Waals surface area contributed by atoms with Crippen molar-refractivity contribution >= 4 is 0 Å². The molecule has 0 aliphatic carbocycles. The fourth-order valence-electron chi connectivity index (χ4n) is 1.30. The Morgan fingerprint density at radius 3 is 2.91 bits per heavy atom. The van der Waals surface area contributed by atoms with Crippen molar-refractivity contribution in [2.75, 3.05) is 6.61 Å². The molecule has 1 aliphatic rings. The quantitative estimate of drug-likeness (QED) is 0.609. The maximum Gasteiger partial charge on any atom is 0.125 e. The summed E-state index contributed by atoms with van der Waals surface area (Å²) in [5, 5.41) is 9.49. The van der Waals surface area contributed by atoms with Crippen LogP contribution in [0.5, 0.6) is 0 Å². The maximum absolute atomic E-state index is 9.49. The lowest BCUT2D eigenvalue weighted by atomic mass is 9.90. The van der Waals surface area contributed by atoms with Crippen molar-refractivity contribution in [2.24, 2.45) is 5.92 Å². The van der Waals surface area contributed by atoms with Crippen LogP contribution in [0.2, 0.25) is 0 Å². The van der Waals surface area contributed by atoms with E-state index in [0.717, 1.165) is 12.8 Å². The third-order valence-electron chi connectivity index (χ3n) is 2.10. The highest BCUT2D eigenvalue weighted by atomic mass is 16.5. The number of aliphatic hydroxyl groups is 1. The number of hydrogen-bond acceptors (Lipinski definition) is 2. The molecule has 62 valence electrons. The Labute approximate surface area is 67.6 Å². The van der Waals surface area contributed by atoms with Crippen LogP contribution in [0.25, 0.3) is 0 Å². The molecule has 2 nitrogen and oxygen atoms in total. The van der Waals surface area contributed by atoms with Crippen molar-refractivity contribution in [2.45, 2.75) is 32.0 Å². The first kappa shape index (κ1) is 8.58. The molecule has 0 aromatic carbocycles. The van der Waals surface area contributed by atoms with Crippen molar-refractivity contribution in [3.63, 3.8) is 0 Å². The van der Waals surface area contributed by atoms with E-state index in [0.29, 0.717) is 6.61 Å². The molecule has 1 N–H and O–H groups in total. The molecule has 1 heterocycles. The lowest BCUT2D eigenvalue weighted by Gasteiger charge is -2.36. The van der Waals surface area contributed by atoms with Gasteiger partial charge in [-0.1, -0.05) is 19.3 Å². The summed E-state index contributed by atoms with van der Waals surface area (Å²) in [4.78, 5) is 0. The van der Waals surface area contributed by atoms with Gasteiger partial charge in [-0.15, -0.1) is 6.42 Å². The Morgan fingerprint density at radius 1 is 1.82 bits per heavy atom. The van der Waals surface area contributed by atoms with Gasteiger partial charge >= 0.3 is 0 Å². The van der Waals surface area contributed by atoms with E-state index in [1.807, 2.05) is 6.92 Å². The molecule has 1 aliphatic heterocycles. The molecule has 0 radical (unpaired) electrons. The first-order valence-corrected chi connectivity index (χ1v) is 4.05. The summed E-state index contributed by atoms with van der Waals surface area (Å²) < 4.78 is 5.06. The summed E-state index contributed by atoms with van der Waals surface area (Å²) in [6, 6.07) is 0. The van der Waals surface area contributed by atoms with Gasteiger partial charge in [0.05, 0.1) is 12.7 Å². The Balaban J connectivity index is 2.31. The van der Waals surface area contributed by atoms with Gasteiger partial charge in [0.1, 0.15) is 6.10 Å². The minimum absolute atomic E-state index is 0.142. The maximum atomic E-state index is 9.49. The highest BCUT2D eigenvalue weighted by Gasteiger charge is 2.35. The molecule has 11 heavy (non-hydrogen) atoms. The zero-order valence-electron chi connectivity index (χ0n) is 6.79. The van der Waals surface area contributed by atoms with E-state index >= 15 is 0 Å². The summed E-state index contributed by atoms with van der Waals surface area (Å²) in [5.74, 6) is 2.69. The van der Waals surface area contributed by atoms with Gasteiger partial charge in [-0.05, 0) is 6.42 Å². The third-order valence-corrected chi connectivity index (χ3v) is 2.10. The molecule has 0 bridgehead atoms. The van der Waals surface area contributed by atoms with Crippen LogP contribution in [0.15, 0.2) is 0 Å². The fraction of sp³-hybridized carbons (Fsp3) is 0.778. The standard InChI is InChI=1S/C9H14O2/c1-3-5-8(10)7-6-11-9(7)4-2/h2,7-10H,3,5-6H2,1H3/t7-,8-,9-/m1/s1. The Bertz CT molecular complexity index is 159. The van der Waals surface area contributed by atoms with Gasteiger partial charge in [0, 0.05) is 5.92 Å². The van der Waals surface area contributed by atoms with Crippen molar-refractivity contribution in [3.8, 4) is 12.3 Å². The summed E-state index contributed by atoms with van der Waals surface area (Å²) in [7, 11) is 0. The Morgan fingerprint density at radius 2 is 2.55 bits per heavy atom. The molecule has 0 amide bonds. The van der Waals surface area contributed by atoms with Crippen LogP contribution in [-0.2, 0) is 4.74 Å². The highest BCUT2D eigenvalue weighted by molar-refractivity contribution is 5.04. The van der Waals surface area contributed by atoms with Gasteiger partial charge in [-0.25, -0.2) is 0 Å². The molecule has 3 atom stereocenters. The Hall–Kier alpha value is -0.520. The van der Waals surface area contributed by atoms with Crippen LogP contribution < -0.4 is 0 Å². The SMILES string of the molecule is C#C[C@H]1OC[C@@H]1[C@H](O)CCC. The van der Waals surface area contributed by atoms with Crippen LogP contribution in [-0.4, -0.2) is 23.9 Å². The minimum atomic E-state index is -0.269. The molecule has 0 aromatic rings. The monoisotopic (exact) mass is 154 g/mol. The second-order valence-electron chi connectivity index (χ2n) is 2.94. The molecule has 2 heteroatoms. The lowest BCUT2D eigenvalue weighted by Crippen LogP contribution is -2.45. The first-order valence-electron chi connectivity index (χ1n) is 4.05. The number of ether oxygens (including phenoxy) is 1. The third kappa shape index (κ3) is 1.74. The molecule has 0 saturated carbocycles. The van der Waals surface area contributed by atoms with Crippen LogP contribution in [0, 0.1) is 18.3 Å². The summed E-state index contributed by atoms with van der Waals surface area (Å²) >= 11 is 0. The predicted octanol–water partition coefficient (Wildman–Crippen LogP) is 0.796. The van der Waals surface area contributed by atoms with Crippen molar-refractivity contribution in [1.29, 1.82) is 0 Å². The topological polar surface area (TPSA) is 29.5 Å². The van der Waals surface area contributed by atoms with E-state index < -0.39 is 0 Å². The van der Waals surface area contributed by atoms with Crippen molar-refractivity contribution in [3.05, 3.63) is 0 Å². The molecule has 0 spiro atoms. The number of terminal acetylenes is 1. The van der Waals surface area contributed by atoms with Gasteiger partial charge in [0.15, 0.2) is 0 Å². The molecule has 0 unspecified atom stereocenters. The first-order chi connectivity index (χ1) is 5.29. The average molecular weight is 154 g/mol. The van der Waals surface area contributed by atoms with Crippen LogP contribution in [0.4, 0.5) is 0 Å². The van der Waals surface area contributed by atoms with E-state index in [9.17, 15) is 5.11 Å². The zero-order chi connectivity index (χ0) is 8.27. The molecule has 1 fully saturated rings. The molecular formula is C9H14O2. The van der Waals surface area contributed by atoms with Gasteiger partial charge in [-0.2, -0.15) is 0 Å². The zero-order valence-corrected chi connectivity index (χ0v) is 6.79. The van der Waals surface area contributed by atoms with Crippen molar-refractivity contribution in [1.82, 2.24) is 0 Å². The van der Waals surface area contributed by atoms with Crippen LogP contribution in [0.3, 0.4) is 0 Å². The number of aliphatic hydroxyl groups excluding tert-OH is 1. The van der Waals surface area contributed by atoms with Crippen LogP contribution in [0.1, 0.15) is 19.8 Å². The summed E-state index contributed by atoms with van der Waals surface area (Å²) in [6.45, 7) is 2.67. The molecule has 1 rings (SSSR count). The molecule has 1 saturated heterocycles. The van der Waals surface area contributed by atoms with E-state index in [-0.39, 0.29) is 18.1 Å². The van der Waals surface area contributed by atoms with Gasteiger partial charge < -0.3 is 9.84 Å². The van der Waals surface area contributed by atoms with E-state index in [2.05, 4.69) is 5.92 Å². The van der Waals surface area contributed by atoms with E-state index in [1.54, 1.807) is 0 Å². The lowest BCUT2D eigenvalue weighted by molar-refractivity contribution is -0.130. The van der Waals surface area contributed by atoms with Crippen LogP contribution >= 0.6 is 0 Å². The van der Waals surface area contributed by atoms with Gasteiger partial charge in [0.25, 0.3) is 0 Å². The Kier molecular flexibility index (Phi) is 2.92. The minimum Gasteiger partial charge on any atom is -0.393 e. The number of rotatable bonds is 3. The average Bonchev–Trinajstić information content (AvgIpc) is 1.86. The van der Waals surface area contributed by atoms with E-state index in [4.69, 9.17) is 11.2 Å². The molecule has 0 aromatic heterocycles. The summed E-state index contributed by atoms with van der Waals surface area (Å²) in [6.07, 6.45) is 6.58. The second kappa shape index (κ2) is 3.75. The highest BCUT2D eigenvalue weighted by Crippen LogP contribution is 2.25. The second-order valence-corrected chi connectivity index (χ2v) is 2.94. The smallest absolute Gasteiger partial charge is 0.125 e. The van der Waals surface area contributed by atoms with Crippen molar-refractivity contribution < 1.29 is 9.84 Å². The number of hydrogen-bond donors (Lipinski definition) is 1. The van der Waals surface area contributed by atoms with E-state index in [1.165, 1.54) is 0 Å². The largest absolute Gasteiger partial charge is 0.393 e.